The van der Waals surface area contributed by atoms with E-state index in [1.807, 2.05) is 29.8 Å². The third-order valence-corrected chi connectivity index (χ3v) is 12.2. The summed E-state index contributed by atoms with van der Waals surface area (Å²) in [5.41, 5.74) is -1.24. The van der Waals surface area contributed by atoms with E-state index in [2.05, 4.69) is 25.3 Å². The molecule has 0 aliphatic heterocycles. The molecule has 7 rings (SSSR count). The third kappa shape index (κ3) is 16.5. The Morgan fingerprint density at radius 3 is 2.24 bits per heavy atom. The highest BCUT2D eigenvalue weighted by molar-refractivity contribution is 7.90. The molecule has 0 spiro atoms. The lowest BCUT2D eigenvalue weighted by molar-refractivity contribution is -0.148. The number of rotatable bonds is 18. The number of urea groups is 1. The maximum Gasteiger partial charge on any atom is 0.431 e. The van der Waals surface area contributed by atoms with Crippen LogP contribution in [0.2, 0.25) is 5.02 Å². The van der Waals surface area contributed by atoms with Crippen molar-refractivity contribution in [3.63, 3.8) is 0 Å². The summed E-state index contributed by atoms with van der Waals surface area (Å²) in [6, 6.07) is 23.3. The van der Waals surface area contributed by atoms with Crippen molar-refractivity contribution < 1.29 is 69.5 Å². The average Bonchev–Trinajstić information content (AvgIpc) is 3.43. The van der Waals surface area contributed by atoms with Gasteiger partial charge in [0.2, 0.25) is 5.95 Å². The molecule has 0 aliphatic carbocycles. The molecule has 22 nitrogen and oxygen atoms in total. The number of sulfonamides is 1. The van der Waals surface area contributed by atoms with E-state index in [-0.39, 0.29) is 53.2 Å². The number of methoxy groups -OCH3 is 2. The molecule has 1 atom stereocenters. The van der Waals surface area contributed by atoms with Gasteiger partial charge < -0.3 is 33.5 Å². The Morgan fingerprint density at radius 2 is 1.59 bits per heavy atom. The fourth-order valence-corrected chi connectivity index (χ4v) is 8.00. The number of para-hydroxylation sites is 1. The van der Waals surface area contributed by atoms with Crippen molar-refractivity contribution in [1.29, 1.82) is 0 Å². The molecule has 0 bridgehead atoms. The van der Waals surface area contributed by atoms with E-state index in [1.165, 1.54) is 56.7 Å². The molecule has 3 heterocycles. The number of alkyl halides is 4. The van der Waals surface area contributed by atoms with E-state index in [9.17, 15) is 45.6 Å². The van der Waals surface area contributed by atoms with Crippen LogP contribution in [-0.4, -0.2) is 100.0 Å². The highest BCUT2D eigenvalue weighted by Gasteiger charge is 2.35. The molecular weight excluding hydrogens is 1100 g/mol. The third-order valence-electron chi connectivity index (χ3n) is 10.3. The number of amides is 2. The number of aliphatic carboxylic acids is 1. The van der Waals surface area contributed by atoms with E-state index >= 15 is 0 Å². The van der Waals surface area contributed by atoms with E-state index in [0.717, 1.165) is 24.4 Å². The van der Waals surface area contributed by atoms with Crippen molar-refractivity contribution in [1.82, 2.24) is 33.8 Å². The fourth-order valence-electron chi connectivity index (χ4n) is 6.66. The lowest BCUT2D eigenvalue weighted by Crippen LogP contribution is -2.40. The molecule has 7 aromatic rings. The molecule has 2 amide bonds. The molecule has 3 N–H and O–H groups in total. The van der Waals surface area contributed by atoms with E-state index in [1.54, 1.807) is 50.4 Å². The second-order valence-corrected chi connectivity index (χ2v) is 18.2. The summed E-state index contributed by atoms with van der Waals surface area (Å²) in [6.07, 6.45) is -3.30. The van der Waals surface area contributed by atoms with Crippen LogP contribution in [0.1, 0.15) is 36.5 Å². The van der Waals surface area contributed by atoms with Gasteiger partial charge >= 0.3 is 35.8 Å². The second-order valence-electron chi connectivity index (χ2n) is 15.8. The van der Waals surface area contributed by atoms with Crippen LogP contribution in [0.25, 0.3) is 16.6 Å². The van der Waals surface area contributed by atoms with Gasteiger partial charge in [0.25, 0.3) is 15.6 Å². The maximum atomic E-state index is 13.1. The van der Waals surface area contributed by atoms with Crippen molar-refractivity contribution in [3.8, 4) is 34.7 Å². The molecule has 0 saturated heterocycles. The predicted molar refractivity (Wildman–Crippen MR) is 278 cm³/mol. The second kappa shape index (κ2) is 27.5. The number of benzene rings is 4. The number of esters is 1. The Balaban J connectivity index is 0.000000232. The molecule has 414 valence electrons. The number of nitrogens with one attached hydrogen (secondary N) is 2. The quantitative estimate of drug-likeness (QED) is 0.0561. The number of aryl methyl sites for hydroxylation is 2. The summed E-state index contributed by atoms with van der Waals surface area (Å²) < 4.78 is 98.5. The SMILES string of the molecule is CCc1ccc(COc2ccc(-n3c(=O)cc(C(F)(F)F)n(C)c3=O)cc2)c(OC(C)C(=O)OC)c1.COc1nc(C)nc(NC(=O)NS(=O)(=O)c2ccccc2OCCCl)n1.O=C(O)COc1ccc(Cl)c2cccnc12. The maximum absolute atomic E-state index is 13.1. The summed E-state index contributed by atoms with van der Waals surface area (Å²) in [6.45, 7) is 4.91. The summed E-state index contributed by atoms with van der Waals surface area (Å²) >= 11 is 11.5. The number of carboxylic acids is 1. The number of carbonyl (C=O) groups excluding carboxylic acids is 2. The van der Waals surface area contributed by atoms with Gasteiger partial charge in [-0.3, -0.25) is 19.7 Å². The van der Waals surface area contributed by atoms with Gasteiger partial charge in [-0.15, -0.1) is 11.6 Å². The van der Waals surface area contributed by atoms with Crippen LogP contribution in [0.3, 0.4) is 0 Å². The molecule has 3 aromatic heterocycles. The van der Waals surface area contributed by atoms with Gasteiger partial charge in [0.1, 0.15) is 58.1 Å². The van der Waals surface area contributed by atoms with Crippen LogP contribution in [-0.2, 0) is 50.6 Å². The number of ether oxygens (including phenoxy) is 6. The topological polar surface area (TPSA) is 281 Å². The minimum absolute atomic E-state index is 0.0181. The summed E-state index contributed by atoms with van der Waals surface area (Å²) in [5.74, 6) is 0.0916. The number of hydrogen-bond acceptors (Lipinski definition) is 17. The Kier molecular flexibility index (Phi) is 21.3. The van der Waals surface area contributed by atoms with Crippen LogP contribution in [0.15, 0.2) is 118 Å². The van der Waals surface area contributed by atoms with Gasteiger partial charge in [0.15, 0.2) is 12.7 Å². The van der Waals surface area contributed by atoms with Crippen molar-refractivity contribution in [2.75, 3.05) is 38.6 Å². The van der Waals surface area contributed by atoms with E-state index in [0.29, 0.717) is 48.6 Å². The lowest BCUT2D eigenvalue weighted by atomic mass is 10.1. The van der Waals surface area contributed by atoms with Crippen molar-refractivity contribution >= 4 is 68.0 Å². The zero-order valence-corrected chi connectivity index (χ0v) is 44.5. The number of aromatic nitrogens is 6. The van der Waals surface area contributed by atoms with E-state index in [4.69, 9.17) is 56.7 Å². The van der Waals surface area contributed by atoms with Crippen LogP contribution in [0.5, 0.6) is 29.0 Å². The highest BCUT2D eigenvalue weighted by Crippen LogP contribution is 2.31. The standard InChI is InChI=1S/C25H25F3N2O6.C14H16ClN5O5S.C11H8ClNO3/c1-5-16-6-7-17(20(12-16)36-15(2)23(32)34-4)14-35-19-10-8-18(9-11-19)30-22(31)13-21(25(26,27)28)29(3)24(30)33;1-9-16-12(19-14(17-9)24-2)18-13(21)20-26(22,23)11-6-4-3-5-10(11)25-8-7-15;12-8-3-4-9(16-6-10(14)15)11-7(8)2-1-5-13-11/h6-13,15H,5,14H2,1-4H3;3-6H,7-8H2,1-2H3,(H2,16,17,18,19,20,21);1-5H,6H2,(H,14,15). The molecule has 0 fully saturated rings. The molecule has 0 radical (unpaired) electrons. The highest BCUT2D eigenvalue weighted by atomic mass is 35.5. The number of halogens is 5. The number of nitrogens with zero attached hydrogens (tertiary/aromatic N) is 6. The molecule has 28 heteroatoms. The average molecular weight is 1150 g/mol. The van der Waals surface area contributed by atoms with Gasteiger partial charge in [-0.25, -0.2) is 36.9 Å². The van der Waals surface area contributed by atoms with Gasteiger partial charge in [0, 0.05) is 30.3 Å². The first-order chi connectivity index (χ1) is 37.0. The number of carboxylic acid groups (broad SMARTS) is 1. The summed E-state index contributed by atoms with van der Waals surface area (Å²) in [5, 5.41) is 12.0. The first-order valence-corrected chi connectivity index (χ1v) is 25.2. The number of carbonyl (C=O) groups is 3. The Bertz CT molecular complexity index is 3500. The lowest BCUT2D eigenvalue weighted by Gasteiger charge is -2.17. The number of pyridine rings is 1. The number of anilines is 1. The molecule has 4 aromatic carbocycles. The molecule has 0 saturated carbocycles. The van der Waals surface area contributed by atoms with Gasteiger partial charge in [0.05, 0.1) is 30.8 Å². The summed E-state index contributed by atoms with van der Waals surface area (Å²) in [7, 11) is -0.633. The monoisotopic (exact) mass is 1140 g/mol. The number of fused-ring (bicyclic) bond motifs is 1. The molecule has 0 aliphatic rings. The number of hydrogen-bond donors (Lipinski definition) is 3. The van der Waals surface area contributed by atoms with E-state index < -0.39 is 63.8 Å². The Morgan fingerprint density at radius 1 is 0.872 bits per heavy atom. The zero-order valence-electron chi connectivity index (χ0n) is 42.2. The van der Waals surface area contributed by atoms with Crippen LogP contribution < -0.4 is 45.0 Å². The molecule has 78 heavy (non-hydrogen) atoms. The van der Waals surface area contributed by atoms with Crippen LogP contribution in [0, 0.1) is 6.92 Å². The first-order valence-electron chi connectivity index (χ1n) is 22.8. The largest absolute Gasteiger partial charge is 0.491 e. The van der Waals surface area contributed by atoms with Crippen LogP contribution >= 0.6 is 23.2 Å². The minimum atomic E-state index is -4.84. The fraction of sp³-hybridized carbons (Fsp3) is 0.260. The Labute approximate surface area is 452 Å². The molecule has 1 unspecified atom stereocenters. The van der Waals surface area contributed by atoms with Crippen molar-refractivity contribution in [3.05, 3.63) is 152 Å². The smallest absolute Gasteiger partial charge is 0.431 e. The summed E-state index contributed by atoms with van der Waals surface area (Å²) in [4.78, 5) is 74.4. The first kappa shape index (κ1) is 60.4. The van der Waals surface area contributed by atoms with Gasteiger partial charge in [-0.2, -0.15) is 28.1 Å². The molecular formula is C50H49Cl2F3N8O14S. The Hall–Kier alpha value is -8.49. The normalized spacial score (nSPS) is 11.4. The predicted octanol–water partition coefficient (Wildman–Crippen LogP) is 7.30. The van der Waals surface area contributed by atoms with Crippen LogP contribution in [0.4, 0.5) is 23.9 Å². The van der Waals surface area contributed by atoms with Crippen molar-refractivity contribution in [2.45, 2.75) is 51.0 Å². The van der Waals surface area contributed by atoms with Gasteiger partial charge in [-0.1, -0.05) is 42.8 Å². The van der Waals surface area contributed by atoms with Crippen molar-refractivity contribution in [2.24, 2.45) is 7.05 Å². The van der Waals surface area contributed by atoms with Gasteiger partial charge in [-0.05, 0) is 92.6 Å². The minimum Gasteiger partial charge on any atom is -0.491 e. The zero-order chi connectivity index (χ0) is 57.3.